The SMILES string of the molecule is Cc1cccc2nc(Cc3ccc(Cl)cc3)c(C(C)N)n12. The molecule has 1 atom stereocenters. The van der Waals surface area contributed by atoms with Crippen LogP contribution in [-0.4, -0.2) is 9.38 Å². The third-order valence-electron chi connectivity index (χ3n) is 3.67. The van der Waals surface area contributed by atoms with Crippen molar-refractivity contribution in [1.29, 1.82) is 0 Å². The number of rotatable bonds is 3. The molecule has 0 fully saturated rings. The molecule has 21 heavy (non-hydrogen) atoms. The molecule has 3 nitrogen and oxygen atoms in total. The van der Waals surface area contributed by atoms with Gasteiger partial charge in [0.2, 0.25) is 0 Å². The zero-order valence-corrected chi connectivity index (χ0v) is 12.9. The van der Waals surface area contributed by atoms with Gasteiger partial charge in [0.25, 0.3) is 0 Å². The summed E-state index contributed by atoms with van der Waals surface area (Å²) < 4.78 is 2.15. The van der Waals surface area contributed by atoms with Crippen molar-refractivity contribution in [3.63, 3.8) is 0 Å². The molecule has 2 N–H and O–H groups in total. The molecule has 3 rings (SSSR count). The first-order valence-electron chi connectivity index (χ1n) is 7.03. The van der Waals surface area contributed by atoms with Crippen molar-refractivity contribution < 1.29 is 0 Å². The molecule has 0 aliphatic heterocycles. The van der Waals surface area contributed by atoms with Crippen LogP contribution >= 0.6 is 11.6 Å². The number of imidazole rings is 1. The average molecular weight is 300 g/mol. The maximum atomic E-state index is 6.19. The maximum absolute atomic E-state index is 6.19. The Balaban J connectivity index is 2.11. The molecule has 2 aromatic heterocycles. The molecule has 4 heteroatoms. The van der Waals surface area contributed by atoms with E-state index < -0.39 is 0 Å². The number of hydrogen-bond donors (Lipinski definition) is 1. The second kappa shape index (κ2) is 5.51. The van der Waals surface area contributed by atoms with Crippen LogP contribution in [0.15, 0.2) is 42.5 Å². The molecule has 0 saturated heterocycles. The molecule has 2 heterocycles. The van der Waals surface area contributed by atoms with Gasteiger partial charge in [0.15, 0.2) is 0 Å². The van der Waals surface area contributed by atoms with Crippen LogP contribution in [0.2, 0.25) is 5.02 Å². The zero-order valence-electron chi connectivity index (χ0n) is 12.2. The Kier molecular flexibility index (Phi) is 3.70. The third-order valence-corrected chi connectivity index (χ3v) is 3.92. The molecule has 0 aliphatic carbocycles. The van der Waals surface area contributed by atoms with Gasteiger partial charge in [-0.3, -0.25) is 4.40 Å². The Labute approximate surface area is 129 Å². The lowest BCUT2D eigenvalue weighted by Gasteiger charge is -2.10. The number of pyridine rings is 1. The summed E-state index contributed by atoms with van der Waals surface area (Å²) >= 11 is 5.94. The summed E-state index contributed by atoms with van der Waals surface area (Å²) in [5.41, 5.74) is 11.6. The number of benzene rings is 1. The lowest BCUT2D eigenvalue weighted by Crippen LogP contribution is -2.12. The van der Waals surface area contributed by atoms with Gasteiger partial charge >= 0.3 is 0 Å². The second-order valence-corrected chi connectivity index (χ2v) is 5.83. The van der Waals surface area contributed by atoms with E-state index in [4.69, 9.17) is 22.3 Å². The van der Waals surface area contributed by atoms with Gasteiger partial charge in [0, 0.05) is 23.2 Å². The number of nitrogens with zero attached hydrogens (tertiary/aromatic N) is 2. The minimum atomic E-state index is -0.0663. The summed E-state index contributed by atoms with van der Waals surface area (Å²) in [4.78, 5) is 4.76. The van der Waals surface area contributed by atoms with Crippen LogP contribution in [0.4, 0.5) is 0 Å². The summed E-state index contributed by atoms with van der Waals surface area (Å²) in [6.07, 6.45) is 0.759. The topological polar surface area (TPSA) is 43.3 Å². The number of halogens is 1. The van der Waals surface area contributed by atoms with Gasteiger partial charge in [-0.05, 0) is 43.7 Å². The number of nitrogens with two attached hydrogens (primary N) is 1. The molecule has 0 radical (unpaired) electrons. The minimum Gasteiger partial charge on any atom is -0.323 e. The highest BCUT2D eigenvalue weighted by molar-refractivity contribution is 6.30. The predicted octanol–water partition coefficient (Wildman–Crippen LogP) is 3.91. The standard InChI is InChI=1S/C17H18ClN3/c1-11-4-3-5-16-20-15(17(12(2)19)21(11)16)10-13-6-8-14(18)9-7-13/h3-9,12H,10,19H2,1-2H3. The van der Waals surface area contributed by atoms with Crippen molar-refractivity contribution in [2.45, 2.75) is 26.3 Å². The van der Waals surface area contributed by atoms with Crippen molar-refractivity contribution in [3.05, 3.63) is 70.1 Å². The fourth-order valence-corrected chi connectivity index (χ4v) is 2.85. The van der Waals surface area contributed by atoms with E-state index in [0.29, 0.717) is 0 Å². The summed E-state index contributed by atoms with van der Waals surface area (Å²) in [5, 5.41) is 0.747. The van der Waals surface area contributed by atoms with Crippen LogP contribution in [0.25, 0.3) is 5.65 Å². The molecule has 0 amide bonds. The lowest BCUT2D eigenvalue weighted by molar-refractivity contribution is 0.749. The van der Waals surface area contributed by atoms with E-state index in [1.54, 1.807) is 0 Å². The van der Waals surface area contributed by atoms with Crippen LogP contribution in [0.3, 0.4) is 0 Å². The molecular weight excluding hydrogens is 282 g/mol. The highest BCUT2D eigenvalue weighted by Crippen LogP contribution is 2.23. The lowest BCUT2D eigenvalue weighted by atomic mass is 10.1. The quantitative estimate of drug-likeness (QED) is 0.797. The van der Waals surface area contributed by atoms with E-state index in [2.05, 4.69) is 17.4 Å². The summed E-state index contributed by atoms with van der Waals surface area (Å²) in [6, 6.07) is 13.9. The fraction of sp³-hybridized carbons (Fsp3) is 0.235. The van der Waals surface area contributed by atoms with E-state index in [9.17, 15) is 0 Å². The first-order valence-corrected chi connectivity index (χ1v) is 7.41. The Hall–Kier alpha value is -1.84. The van der Waals surface area contributed by atoms with Crippen molar-refractivity contribution in [1.82, 2.24) is 9.38 Å². The largest absolute Gasteiger partial charge is 0.323 e. The monoisotopic (exact) mass is 299 g/mol. The number of aromatic nitrogens is 2. The van der Waals surface area contributed by atoms with Crippen LogP contribution < -0.4 is 5.73 Å². The first-order chi connectivity index (χ1) is 10.1. The van der Waals surface area contributed by atoms with Gasteiger partial charge in [0.1, 0.15) is 5.65 Å². The second-order valence-electron chi connectivity index (χ2n) is 5.40. The highest BCUT2D eigenvalue weighted by atomic mass is 35.5. The molecule has 0 saturated carbocycles. The van der Waals surface area contributed by atoms with E-state index in [1.807, 2.05) is 43.3 Å². The van der Waals surface area contributed by atoms with E-state index >= 15 is 0 Å². The Morgan fingerprint density at radius 3 is 2.57 bits per heavy atom. The molecule has 0 aliphatic rings. The van der Waals surface area contributed by atoms with Crippen molar-refractivity contribution >= 4 is 17.2 Å². The first kappa shape index (κ1) is 14.1. The van der Waals surface area contributed by atoms with Crippen molar-refractivity contribution in [2.24, 2.45) is 5.73 Å². The number of hydrogen-bond acceptors (Lipinski definition) is 2. The molecule has 0 bridgehead atoms. The van der Waals surface area contributed by atoms with Gasteiger partial charge in [-0.15, -0.1) is 0 Å². The molecule has 1 aromatic carbocycles. The van der Waals surface area contributed by atoms with Crippen LogP contribution in [0.1, 0.15) is 35.6 Å². The molecule has 0 spiro atoms. The average Bonchev–Trinajstić information content (AvgIpc) is 2.81. The minimum absolute atomic E-state index is 0.0663. The molecule has 108 valence electrons. The van der Waals surface area contributed by atoms with E-state index in [0.717, 1.165) is 34.2 Å². The highest BCUT2D eigenvalue weighted by Gasteiger charge is 2.16. The van der Waals surface area contributed by atoms with Crippen molar-refractivity contribution in [3.8, 4) is 0 Å². The Morgan fingerprint density at radius 1 is 1.19 bits per heavy atom. The molecule has 3 aromatic rings. The van der Waals surface area contributed by atoms with Crippen LogP contribution in [0, 0.1) is 6.92 Å². The van der Waals surface area contributed by atoms with Crippen LogP contribution in [0.5, 0.6) is 0 Å². The Bertz CT molecular complexity index is 773. The van der Waals surface area contributed by atoms with Gasteiger partial charge in [-0.2, -0.15) is 0 Å². The normalized spacial score (nSPS) is 12.8. The summed E-state index contributed by atoms with van der Waals surface area (Å²) in [7, 11) is 0. The van der Waals surface area contributed by atoms with Crippen molar-refractivity contribution in [2.75, 3.05) is 0 Å². The van der Waals surface area contributed by atoms with Gasteiger partial charge in [-0.1, -0.05) is 29.8 Å². The number of fused-ring (bicyclic) bond motifs is 1. The smallest absolute Gasteiger partial charge is 0.137 e. The predicted molar refractivity (Wildman–Crippen MR) is 86.8 cm³/mol. The van der Waals surface area contributed by atoms with Crippen LogP contribution in [-0.2, 0) is 6.42 Å². The van der Waals surface area contributed by atoms with E-state index in [-0.39, 0.29) is 6.04 Å². The zero-order chi connectivity index (χ0) is 15.0. The Morgan fingerprint density at radius 2 is 1.90 bits per heavy atom. The van der Waals surface area contributed by atoms with Gasteiger partial charge < -0.3 is 5.73 Å². The van der Waals surface area contributed by atoms with Gasteiger partial charge in [-0.25, -0.2) is 4.98 Å². The molecular formula is C17H18ClN3. The fourth-order valence-electron chi connectivity index (χ4n) is 2.72. The van der Waals surface area contributed by atoms with E-state index in [1.165, 1.54) is 5.56 Å². The summed E-state index contributed by atoms with van der Waals surface area (Å²) in [5.74, 6) is 0. The number of aryl methyl sites for hydroxylation is 1. The maximum Gasteiger partial charge on any atom is 0.137 e. The third kappa shape index (κ3) is 2.67. The summed E-state index contributed by atoms with van der Waals surface area (Å²) in [6.45, 7) is 4.08. The van der Waals surface area contributed by atoms with Gasteiger partial charge in [0.05, 0.1) is 11.4 Å². The molecule has 1 unspecified atom stereocenters.